The minimum absolute atomic E-state index is 0.0386. The maximum absolute atomic E-state index is 16.8. The van der Waals surface area contributed by atoms with Crippen LogP contribution in [0.4, 0.5) is 8.78 Å². The molecule has 0 aromatic rings. The SMILES string of the molecule is COC(=O)[C@H]1[C@H](C)CC2C3C[C@H](F)C4=CC(=O)C=C[C@]4(C)[C@@]3(F)C(O)C[C@@]21C. The van der Waals surface area contributed by atoms with E-state index < -0.39 is 40.6 Å². The summed E-state index contributed by atoms with van der Waals surface area (Å²) in [6.45, 7) is 5.44. The molecule has 4 aliphatic rings. The van der Waals surface area contributed by atoms with Crippen LogP contribution in [0, 0.1) is 34.5 Å². The van der Waals surface area contributed by atoms with Crippen LogP contribution >= 0.6 is 0 Å². The maximum atomic E-state index is 16.8. The number of rotatable bonds is 1. The van der Waals surface area contributed by atoms with Crippen molar-refractivity contribution in [2.24, 2.45) is 34.5 Å². The van der Waals surface area contributed by atoms with Gasteiger partial charge in [-0.3, -0.25) is 9.59 Å². The molecule has 0 saturated heterocycles. The first kappa shape index (κ1) is 19.7. The Kier molecular flexibility index (Phi) is 4.21. The van der Waals surface area contributed by atoms with E-state index in [1.165, 1.54) is 25.3 Å². The number of fused-ring (bicyclic) bond motifs is 5. The minimum Gasteiger partial charge on any atom is -0.469 e. The maximum Gasteiger partial charge on any atom is 0.309 e. The molecular weight excluding hydrogens is 366 g/mol. The number of alkyl halides is 2. The summed E-state index contributed by atoms with van der Waals surface area (Å²) < 4.78 is 37.1. The second kappa shape index (κ2) is 5.97. The zero-order valence-corrected chi connectivity index (χ0v) is 16.7. The van der Waals surface area contributed by atoms with Gasteiger partial charge in [-0.15, -0.1) is 0 Å². The summed E-state index contributed by atoms with van der Waals surface area (Å²) in [6.07, 6.45) is 1.69. The molecule has 4 rings (SSSR count). The van der Waals surface area contributed by atoms with Gasteiger partial charge >= 0.3 is 5.97 Å². The average Bonchev–Trinajstić information content (AvgIpc) is 2.89. The lowest BCUT2D eigenvalue weighted by Gasteiger charge is -2.62. The van der Waals surface area contributed by atoms with Crippen molar-refractivity contribution < 1.29 is 28.2 Å². The molecule has 4 aliphatic carbocycles. The highest BCUT2D eigenvalue weighted by Gasteiger charge is 2.73. The number of allylic oxidation sites excluding steroid dienone is 4. The predicted molar refractivity (Wildman–Crippen MR) is 98.7 cm³/mol. The van der Waals surface area contributed by atoms with Crippen LogP contribution in [0.3, 0.4) is 0 Å². The monoisotopic (exact) mass is 394 g/mol. The summed E-state index contributed by atoms with van der Waals surface area (Å²) in [5.74, 6) is -2.18. The lowest BCUT2D eigenvalue weighted by atomic mass is 9.45. The Bertz CT molecular complexity index is 791. The van der Waals surface area contributed by atoms with Crippen LogP contribution in [0.2, 0.25) is 0 Å². The first-order valence-corrected chi connectivity index (χ1v) is 10.0. The minimum atomic E-state index is -2.09. The smallest absolute Gasteiger partial charge is 0.309 e. The van der Waals surface area contributed by atoms with Crippen LogP contribution in [0.25, 0.3) is 0 Å². The summed E-state index contributed by atoms with van der Waals surface area (Å²) in [5, 5.41) is 11.1. The summed E-state index contributed by atoms with van der Waals surface area (Å²) in [5.41, 5.74) is -4.00. The standard InChI is InChI=1S/C22H28F2O4/c1-11-7-13-14-9-16(23)15-8-12(25)5-6-21(15,3)22(14,24)17(26)10-20(13,2)18(11)19(27)28-4/h5-6,8,11,13-14,16-18,26H,7,9-10H2,1-4H3/t11-,13?,14?,16+,17?,18-,20+,21+,22+/m1/s1. The van der Waals surface area contributed by atoms with Crippen LogP contribution in [-0.4, -0.2) is 41.9 Å². The van der Waals surface area contributed by atoms with Crippen molar-refractivity contribution in [3.63, 3.8) is 0 Å². The third-order valence-corrected chi connectivity index (χ3v) is 8.42. The van der Waals surface area contributed by atoms with Gasteiger partial charge in [-0.2, -0.15) is 0 Å². The largest absolute Gasteiger partial charge is 0.469 e. The molecule has 9 atom stereocenters. The molecule has 0 amide bonds. The lowest BCUT2D eigenvalue weighted by Crippen LogP contribution is -2.68. The molecule has 4 nitrogen and oxygen atoms in total. The van der Waals surface area contributed by atoms with Gasteiger partial charge in [0.25, 0.3) is 0 Å². The van der Waals surface area contributed by atoms with E-state index >= 15 is 8.78 Å². The molecule has 0 aromatic heterocycles. The number of carbonyl (C=O) groups excluding carboxylic acids is 2. The number of carbonyl (C=O) groups is 2. The van der Waals surface area contributed by atoms with Crippen molar-refractivity contribution in [3.8, 4) is 0 Å². The van der Waals surface area contributed by atoms with Crippen LogP contribution in [-0.2, 0) is 14.3 Å². The Morgan fingerprint density at radius 3 is 2.61 bits per heavy atom. The molecule has 3 saturated carbocycles. The van der Waals surface area contributed by atoms with Crippen molar-refractivity contribution in [2.75, 3.05) is 7.11 Å². The van der Waals surface area contributed by atoms with Gasteiger partial charge in [0.2, 0.25) is 0 Å². The second-order valence-corrected chi connectivity index (χ2v) is 9.66. The number of esters is 1. The van der Waals surface area contributed by atoms with Gasteiger partial charge in [-0.1, -0.05) is 19.9 Å². The fraction of sp³-hybridized carbons (Fsp3) is 0.727. The third-order valence-electron chi connectivity index (χ3n) is 8.42. The van der Waals surface area contributed by atoms with Gasteiger partial charge in [-0.05, 0) is 61.2 Å². The van der Waals surface area contributed by atoms with E-state index in [4.69, 9.17) is 4.74 Å². The van der Waals surface area contributed by atoms with Gasteiger partial charge in [0.1, 0.15) is 6.17 Å². The van der Waals surface area contributed by atoms with Gasteiger partial charge < -0.3 is 9.84 Å². The van der Waals surface area contributed by atoms with E-state index in [0.29, 0.717) is 6.42 Å². The van der Waals surface area contributed by atoms with E-state index in [0.717, 1.165) is 0 Å². The quantitative estimate of drug-likeness (QED) is 0.693. The molecule has 0 spiro atoms. The van der Waals surface area contributed by atoms with Gasteiger partial charge in [0.05, 0.1) is 19.1 Å². The Labute approximate surface area is 164 Å². The fourth-order valence-electron chi connectivity index (χ4n) is 7.20. The van der Waals surface area contributed by atoms with Crippen molar-refractivity contribution in [2.45, 2.75) is 58.0 Å². The number of ether oxygens (including phenoxy) is 1. The lowest BCUT2D eigenvalue weighted by molar-refractivity contribution is -0.204. The van der Waals surface area contributed by atoms with Crippen molar-refractivity contribution in [3.05, 3.63) is 23.8 Å². The zero-order valence-electron chi connectivity index (χ0n) is 16.7. The molecule has 3 unspecified atom stereocenters. The summed E-state index contributed by atoms with van der Waals surface area (Å²) in [6, 6.07) is 0. The van der Waals surface area contributed by atoms with E-state index in [1.54, 1.807) is 6.92 Å². The van der Waals surface area contributed by atoms with Crippen LogP contribution < -0.4 is 0 Å². The molecule has 154 valence electrons. The van der Waals surface area contributed by atoms with Gasteiger partial charge in [-0.25, -0.2) is 8.78 Å². The molecule has 6 heteroatoms. The van der Waals surface area contributed by atoms with Crippen LogP contribution in [0.1, 0.15) is 40.0 Å². The number of aliphatic hydroxyl groups excluding tert-OH is 1. The highest BCUT2D eigenvalue weighted by molar-refractivity contribution is 6.01. The molecule has 0 radical (unpaired) electrons. The zero-order chi connectivity index (χ0) is 20.6. The van der Waals surface area contributed by atoms with E-state index in [1.807, 2.05) is 13.8 Å². The van der Waals surface area contributed by atoms with Gasteiger partial charge in [0.15, 0.2) is 11.5 Å². The molecule has 0 heterocycles. The van der Waals surface area contributed by atoms with E-state index in [2.05, 4.69) is 0 Å². The van der Waals surface area contributed by atoms with Crippen molar-refractivity contribution in [1.29, 1.82) is 0 Å². The second-order valence-electron chi connectivity index (χ2n) is 9.66. The number of ketones is 1. The Morgan fingerprint density at radius 1 is 1.29 bits per heavy atom. The van der Waals surface area contributed by atoms with Crippen LogP contribution in [0.5, 0.6) is 0 Å². The number of methoxy groups -OCH3 is 1. The molecule has 0 bridgehead atoms. The highest BCUT2D eigenvalue weighted by atomic mass is 19.1. The summed E-state index contributed by atoms with van der Waals surface area (Å²) in [4.78, 5) is 24.3. The molecule has 1 N–H and O–H groups in total. The topological polar surface area (TPSA) is 63.6 Å². The summed E-state index contributed by atoms with van der Waals surface area (Å²) in [7, 11) is 1.34. The first-order valence-electron chi connectivity index (χ1n) is 10.0. The Morgan fingerprint density at radius 2 is 1.96 bits per heavy atom. The number of hydrogen-bond donors (Lipinski definition) is 1. The highest BCUT2D eigenvalue weighted by Crippen LogP contribution is 2.70. The van der Waals surface area contributed by atoms with Gasteiger partial charge in [0, 0.05) is 11.3 Å². The number of halogens is 2. The predicted octanol–water partition coefficient (Wildman–Crippen LogP) is 3.34. The van der Waals surface area contributed by atoms with E-state index in [9.17, 15) is 14.7 Å². The molecule has 3 fully saturated rings. The number of hydrogen-bond acceptors (Lipinski definition) is 4. The average molecular weight is 394 g/mol. The molecule has 28 heavy (non-hydrogen) atoms. The third kappa shape index (κ3) is 2.18. The van der Waals surface area contributed by atoms with Crippen molar-refractivity contribution >= 4 is 11.8 Å². The van der Waals surface area contributed by atoms with E-state index in [-0.39, 0.29) is 42.0 Å². The Hall–Kier alpha value is -1.56. The first-order chi connectivity index (χ1) is 13.0. The molecular formula is C22H28F2O4. The molecule has 0 aliphatic heterocycles. The molecule has 0 aromatic carbocycles. The Balaban J connectivity index is 1.84. The van der Waals surface area contributed by atoms with Crippen molar-refractivity contribution in [1.82, 2.24) is 0 Å². The fourth-order valence-corrected chi connectivity index (χ4v) is 7.20. The number of aliphatic hydroxyl groups is 1. The van der Waals surface area contributed by atoms with Crippen LogP contribution in [0.15, 0.2) is 23.8 Å². The normalized spacial score (nSPS) is 52.4. The summed E-state index contributed by atoms with van der Waals surface area (Å²) >= 11 is 0.